The Labute approximate surface area is 207 Å². The maximum atomic E-state index is 13.4. The van der Waals surface area contributed by atoms with E-state index in [2.05, 4.69) is 15.6 Å². The summed E-state index contributed by atoms with van der Waals surface area (Å²) in [6, 6.07) is 24.4. The molecule has 1 saturated heterocycles. The summed E-state index contributed by atoms with van der Waals surface area (Å²) in [7, 11) is 0. The Balaban J connectivity index is 1.40. The van der Waals surface area contributed by atoms with Gasteiger partial charge in [0.1, 0.15) is 23.4 Å². The summed E-state index contributed by atoms with van der Waals surface area (Å²) in [5.74, 6) is 0.890. The van der Waals surface area contributed by atoms with Gasteiger partial charge < -0.3 is 20.0 Å². The van der Waals surface area contributed by atoms with Crippen LogP contribution in [-0.4, -0.2) is 27.4 Å². The fourth-order valence-electron chi connectivity index (χ4n) is 4.20. The summed E-state index contributed by atoms with van der Waals surface area (Å²) in [5.41, 5.74) is 2.34. The molecule has 0 radical (unpaired) electrons. The second-order valence-electron chi connectivity index (χ2n) is 8.19. The van der Waals surface area contributed by atoms with Gasteiger partial charge in [0.15, 0.2) is 5.11 Å². The fraction of sp³-hybridized carbons (Fsp3) is 0.148. The maximum absolute atomic E-state index is 13.4. The number of aromatic nitrogens is 1. The molecule has 0 bridgehead atoms. The normalized spacial score (nSPS) is 17.3. The lowest BCUT2D eigenvalue weighted by Gasteiger charge is -2.25. The van der Waals surface area contributed by atoms with Crippen molar-refractivity contribution < 1.29 is 13.6 Å². The molecule has 5 rings (SSSR count). The summed E-state index contributed by atoms with van der Waals surface area (Å²) in [6.45, 7) is 0.394. The number of benzene rings is 2. The van der Waals surface area contributed by atoms with Gasteiger partial charge >= 0.3 is 0 Å². The number of halogens is 1. The Morgan fingerprint density at radius 2 is 1.80 bits per heavy atom. The number of pyridine rings is 1. The zero-order valence-corrected chi connectivity index (χ0v) is 19.5. The number of hydrogen-bond acceptors (Lipinski definition) is 4. The van der Waals surface area contributed by atoms with Crippen molar-refractivity contribution in [2.24, 2.45) is 0 Å². The van der Waals surface area contributed by atoms with Gasteiger partial charge in [0.25, 0.3) is 0 Å². The van der Waals surface area contributed by atoms with E-state index in [1.807, 2.05) is 65.6 Å². The molecule has 0 spiro atoms. The molecular formula is C27H23FN4O2S. The highest BCUT2D eigenvalue weighted by atomic mass is 32.1. The van der Waals surface area contributed by atoms with Crippen LogP contribution >= 0.6 is 12.2 Å². The summed E-state index contributed by atoms with van der Waals surface area (Å²) < 4.78 is 19.6. The number of amides is 1. The van der Waals surface area contributed by atoms with E-state index in [0.29, 0.717) is 23.2 Å². The first-order valence-electron chi connectivity index (χ1n) is 11.3. The quantitative estimate of drug-likeness (QED) is 0.337. The zero-order chi connectivity index (χ0) is 24.2. The highest BCUT2D eigenvalue weighted by Gasteiger charge is 2.41. The maximum Gasteiger partial charge on any atom is 0.226 e. The molecule has 35 heavy (non-hydrogen) atoms. The molecular weight excluding hydrogens is 463 g/mol. The zero-order valence-electron chi connectivity index (χ0n) is 18.7. The van der Waals surface area contributed by atoms with Gasteiger partial charge in [-0.2, -0.15) is 0 Å². The van der Waals surface area contributed by atoms with Crippen LogP contribution in [0.15, 0.2) is 95.5 Å². The largest absolute Gasteiger partial charge is 0.459 e. The molecule has 2 N–H and O–H groups in total. The third-order valence-corrected chi connectivity index (χ3v) is 6.23. The third-order valence-electron chi connectivity index (χ3n) is 5.88. The van der Waals surface area contributed by atoms with Crippen LogP contribution in [0, 0.1) is 5.82 Å². The van der Waals surface area contributed by atoms with E-state index in [0.717, 1.165) is 16.9 Å². The van der Waals surface area contributed by atoms with Crippen molar-refractivity contribution in [3.8, 4) is 11.3 Å². The van der Waals surface area contributed by atoms with E-state index in [9.17, 15) is 9.18 Å². The van der Waals surface area contributed by atoms with Gasteiger partial charge in [-0.05, 0) is 72.9 Å². The van der Waals surface area contributed by atoms with Gasteiger partial charge in [-0.15, -0.1) is 0 Å². The lowest BCUT2D eigenvalue weighted by molar-refractivity contribution is -0.116. The average molecular weight is 487 g/mol. The summed E-state index contributed by atoms with van der Waals surface area (Å²) in [5, 5.41) is 6.79. The van der Waals surface area contributed by atoms with Gasteiger partial charge in [-0.25, -0.2) is 4.39 Å². The van der Waals surface area contributed by atoms with Gasteiger partial charge in [0.05, 0.1) is 11.7 Å². The molecule has 2 aromatic carbocycles. The minimum absolute atomic E-state index is 0.106. The van der Waals surface area contributed by atoms with E-state index in [4.69, 9.17) is 16.6 Å². The van der Waals surface area contributed by atoms with Crippen LogP contribution in [0.3, 0.4) is 0 Å². The molecule has 176 valence electrons. The Hall–Kier alpha value is -4.04. The van der Waals surface area contributed by atoms with Gasteiger partial charge in [0, 0.05) is 30.4 Å². The third kappa shape index (κ3) is 5.07. The lowest BCUT2D eigenvalue weighted by Crippen LogP contribution is -2.32. The molecule has 1 aliphatic heterocycles. The van der Waals surface area contributed by atoms with E-state index in [-0.39, 0.29) is 30.2 Å². The predicted octanol–water partition coefficient (Wildman–Crippen LogP) is 5.48. The van der Waals surface area contributed by atoms with Crippen LogP contribution in [0.4, 0.5) is 10.1 Å². The molecule has 0 unspecified atom stereocenters. The number of nitrogens with zero attached hydrogens (tertiary/aromatic N) is 2. The van der Waals surface area contributed by atoms with Crippen LogP contribution < -0.4 is 10.6 Å². The highest BCUT2D eigenvalue weighted by molar-refractivity contribution is 7.80. The first-order chi connectivity index (χ1) is 17.1. The smallest absolute Gasteiger partial charge is 0.226 e. The molecule has 1 fully saturated rings. The molecule has 6 nitrogen and oxygen atoms in total. The minimum Gasteiger partial charge on any atom is -0.459 e. The number of rotatable bonds is 7. The molecule has 0 saturated carbocycles. The van der Waals surface area contributed by atoms with Crippen molar-refractivity contribution in [1.82, 2.24) is 15.2 Å². The molecule has 0 aliphatic carbocycles. The highest BCUT2D eigenvalue weighted by Crippen LogP contribution is 2.40. The second-order valence-corrected chi connectivity index (χ2v) is 8.58. The lowest BCUT2D eigenvalue weighted by atomic mass is 10.0. The van der Waals surface area contributed by atoms with Crippen molar-refractivity contribution in [2.75, 3.05) is 11.9 Å². The first-order valence-corrected chi connectivity index (χ1v) is 11.7. The Kier molecular flexibility index (Phi) is 6.54. The standard InChI is InChI=1S/C27H23FN4O2S/c28-19-11-9-18(10-12-19)22-13-14-23(34-22)26-25(21-8-4-5-16-29-21)31-27(35)32(26)17-15-24(33)30-20-6-2-1-3-7-20/h1-14,16,25-26H,15,17H2,(H,30,33)(H,31,35)/t25-,26+/m0/s1. The Morgan fingerprint density at radius 3 is 2.54 bits per heavy atom. The van der Waals surface area contributed by atoms with Crippen LogP contribution in [0.5, 0.6) is 0 Å². The first kappa shape index (κ1) is 22.7. The summed E-state index contributed by atoms with van der Waals surface area (Å²) in [4.78, 5) is 19.1. The van der Waals surface area contributed by atoms with Crippen molar-refractivity contribution >= 4 is 28.9 Å². The molecule has 4 aromatic rings. The van der Waals surface area contributed by atoms with E-state index in [1.54, 1.807) is 18.3 Å². The van der Waals surface area contributed by atoms with Crippen molar-refractivity contribution in [3.05, 3.63) is 108 Å². The number of hydrogen-bond donors (Lipinski definition) is 2. The van der Waals surface area contributed by atoms with Crippen molar-refractivity contribution in [1.29, 1.82) is 0 Å². The van der Waals surface area contributed by atoms with E-state index < -0.39 is 0 Å². The topological polar surface area (TPSA) is 70.4 Å². The number of furan rings is 1. The number of carbonyl (C=O) groups excluding carboxylic acids is 1. The number of carbonyl (C=O) groups is 1. The van der Waals surface area contributed by atoms with E-state index >= 15 is 0 Å². The summed E-state index contributed by atoms with van der Waals surface area (Å²) in [6.07, 6.45) is 1.98. The van der Waals surface area contributed by atoms with Crippen molar-refractivity contribution in [3.63, 3.8) is 0 Å². The average Bonchev–Trinajstić information content (AvgIpc) is 3.49. The molecule has 1 amide bonds. The van der Waals surface area contributed by atoms with Crippen molar-refractivity contribution in [2.45, 2.75) is 18.5 Å². The number of para-hydroxylation sites is 1. The minimum atomic E-state index is -0.309. The van der Waals surface area contributed by atoms with E-state index in [1.165, 1.54) is 12.1 Å². The molecule has 1 aliphatic rings. The fourth-order valence-corrected chi connectivity index (χ4v) is 4.54. The molecule has 8 heteroatoms. The van der Waals surface area contributed by atoms with Gasteiger partial charge in [-0.1, -0.05) is 24.3 Å². The second kappa shape index (κ2) is 10.1. The van der Waals surface area contributed by atoms with Crippen LogP contribution in [0.25, 0.3) is 11.3 Å². The number of thiocarbonyl (C=S) groups is 1. The monoisotopic (exact) mass is 486 g/mol. The number of nitrogens with one attached hydrogen (secondary N) is 2. The number of anilines is 1. The Morgan fingerprint density at radius 1 is 1.03 bits per heavy atom. The molecule has 2 atom stereocenters. The Bertz CT molecular complexity index is 1310. The molecule has 2 aromatic heterocycles. The summed E-state index contributed by atoms with van der Waals surface area (Å²) >= 11 is 5.66. The SMILES string of the molecule is O=C(CCN1C(=S)N[C@@H](c2ccccn2)[C@H]1c1ccc(-c2ccc(F)cc2)o1)Nc1ccccc1. The van der Waals surface area contributed by atoms with Gasteiger partial charge in [-0.3, -0.25) is 9.78 Å². The van der Waals surface area contributed by atoms with Crippen LogP contribution in [-0.2, 0) is 4.79 Å². The van der Waals surface area contributed by atoms with Crippen LogP contribution in [0.1, 0.15) is 30.0 Å². The van der Waals surface area contributed by atoms with Gasteiger partial charge in [0.2, 0.25) is 5.91 Å². The van der Waals surface area contributed by atoms with Crippen LogP contribution in [0.2, 0.25) is 0 Å². The predicted molar refractivity (Wildman–Crippen MR) is 136 cm³/mol. The molecule has 3 heterocycles.